The van der Waals surface area contributed by atoms with E-state index in [1.54, 1.807) is 18.5 Å². The first kappa shape index (κ1) is 13.9. The normalized spacial score (nSPS) is 10.3. The van der Waals surface area contributed by atoms with Crippen LogP contribution in [0.1, 0.15) is 11.1 Å². The number of thioether (sulfide) groups is 1. The van der Waals surface area contributed by atoms with E-state index in [2.05, 4.69) is 22.2 Å². The Bertz CT molecular complexity index is 946. The second-order valence-electron chi connectivity index (χ2n) is 4.46. The molecule has 0 spiro atoms. The van der Waals surface area contributed by atoms with Crippen LogP contribution in [0.3, 0.4) is 0 Å². The molecule has 0 saturated carbocycles. The topological polar surface area (TPSA) is 104 Å². The lowest BCUT2D eigenvalue weighted by atomic mass is 10.1. The van der Waals surface area contributed by atoms with Gasteiger partial charge in [0.2, 0.25) is 0 Å². The number of anilines is 1. The van der Waals surface area contributed by atoms with Gasteiger partial charge in [0, 0.05) is 22.9 Å². The Balaban J connectivity index is 2.40. The van der Waals surface area contributed by atoms with E-state index in [4.69, 9.17) is 5.73 Å². The lowest BCUT2D eigenvalue weighted by Crippen LogP contribution is -2.05. The number of rotatable bonds is 2. The summed E-state index contributed by atoms with van der Waals surface area (Å²) in [5, 5.41) is 23.2. The molecule has 106 valence electrons. The van der Waals surface area contributed by atoms with E-state index in [1.807, 2.05) is 18.4 Å². The first-order valence-corrected chi connectivity index (χ1v) is 7.53. The summed E-state index contributed by atoms with van der Waals surface area (Å²) in [6, 6.07) is 9.68. The Morgan fingerprint density at radius 1 is 1.27 bits per heavy atom. The number of hydrogen-bond donors (Lipinski definition) is 1. The van der Waals surface area contributed by atoms with Gasteiger partial charge in [0.15, 0.2) is 0 Å². The maximum Gasteiger partial charge on any atom is 0.144 e. The number of aromatic nitrogens is 3. The van der Waals surface area contributed by atoms with E-state index in [-0.39, 0.29) is 11.4 Å². The Morgan fingerprint density at radius 3 is 2.64 bits per heavy atom. The molecule has 0 aliphatic rings. The summed E-state index contributed by atoms with van der Waals surface area (Å²) in [5.74, 6) is 0.232. The molecule has 0 aromatic carbocycles. The fourth-order valence-corrected chi connectivity index (χ4v) is 2.99. The van der Waals surface area contributed by atoms with Gasteiger partial charge in [-0.3, -0.25) is 4.98 Å². The molecule has 0 aliphatic heterocycles. The average Bonchev–Trinajstić information content (AvgIpc) is 3.01. The number of nitrogens with zero attached hydrogens (tertiary/aromatic N) is 5. The molecule has 3 heterocycles. The van der Waals surface area contributed by atoms with E-state index in [1.165, 1.54) is 16.3 Å². The third kappa shape index (κ3) is 1.96. The van der Waals surface area contributed by atoms with Crippen molar-refractivity contribution in [1.29, 1.82) is 10.5 Å². The largest absolute Gasteiger partial charge is 0.382 e. The Morgan fingerprint density at radius 2 is 2.05 bits per heavy atom. The van der Waals surface area contributed by atoms with Crippen molar-refractivity contribution < 1.29 is 0 Å². The van der Waals surface area contributed by atoms with E-state index >= 15 is 0 Å². The van der Waals surface area contributed by atoms with Gasteiger partial charge in [0.25, 0.3) is 0 Å². The predicted molar refractivity (Wildman–Crippen MR) is 84.0 cm³/mol. The molecule has 0 saturated heterocycles. The van der Waals surface area contributed by atoms with Gasteiger partial charge in [-0.05, 0) is 24.5 Å². The van der Waals surface area contributed by atoms with Crippen molar-refractivity contribution in [2.75, 3.05) is 12.0 Å². The van der Waals surface area contributed by atoms with Crippen LogP contribution in [-0.2, 0) is 0 Å². The molecular weight excluding hydrogens is 296 g/mol. The highest BCUT2D eigenvalue weighted by Crippen LogP contribution is 2.33. The Labute approximate surface area is 130 Å². The van der Waals surface area contributed by atoms with E-state index < -0.39 is 0 Å². The summed E-state index contributed by atoms with van der Waals surface area (Å²) < 4.78 is 1.44. The van der Waals surface area contributed by atoms with Gasteiger partial charge < -0.3 is 5.73 Å². The molecule has 7 heteroatoms. The zero-order valence-corrected chi connectivity index (χ0v) is 12.4. The molecule has 0 fully saturated rings. The molecule has 3 aromatic rings. The predicted octanol–water partition coefficient (Wildman–Crippen LogP) is 2.44. The van der Waals surface area contributed by atoms with Crippen LogP contribution in [0.5, 0.6) is 0 Å². The van der Waals surface area contributed by atoms with Crippen LogP contribution in [0.4, 0.5) is 5.82 Å². The Kier molecular flexibility index (Phi) is 3.42. The third-order valence-corrected chi connectivity index (χ3v) is 4.11. The molecule has 0 amide bonds. The summed E-state index contributed by atoms with van der Waals surface area (Å²) in [4.78, 5) is 4.64. The van der Waals surface area contributed by atoms with Crippen molar-refractivity contribution >= 4 is 23.1 Å². The zero-order valence-electron chi connectivity index (χ0n) is 11.6. The summed E-state index contributed by atoms with van der Waals surface area (Å²) in [7, 11) is 0. The monoisotopic (exact) mass is 306 g/mol. The smallest absolute Gasteiger partial charge is 0.144 e. The molecule has 0 bridgehead atoms. The van der Waals surface area contributed by atoms with Crippen molar-refractivity contribution in [2.24, 2.45) is 0 Å². The van der Waals surface area contributed by atoms with Crippen LogP contribution in [0.25, 0.3) is 16.8 Å². The molecule has 3 aromatic heterocycles. The summed E-state index contributed by atoms with van der Waals surface area (Å²) in [6.45, 7) is 0. The Hall–Kier alpha value is -3.03. The summed E-state index contributed by atoms with van der Waals surface area (Å²) in [6.07, 6.45) is 5.17. The van der Waals surface area contributed by atoms with E-state index in [9.17, 15) is 10.5 Å². The number of nitriles is 2. The lowest BCUT2D eigenvalue weighted by molar-refractivity contribution is 0.962. The first-order chi connectivity index (χ1) is 10.7. The molecule has 6 nitrogen and oxygen atoms in total. The fourth-order valence-electron chi connectivity index (χ4n) is 2.28. The third-order valence-electron chi connectivity index (χ3n) is 3.29. The highest BCUT2D eigenvalue weighted by molar-refractivity contribution is 7.98. The summed E-state index contributed by atoms with van der Waals surface area (Å²) >= 11 is 1.33. The second-order valence-corrected chi connectivity index (χ2v) is 5.28. The summed E-state index contributed by atoms with van der Waals surface area (Å²) in [5.41, 5.74) is 8.79. The van der Waals surface area contributed by atoms with E-state index in [0.29, 0.717) is 21.7 Å². The van der Waals surface area contributed by atoms with Crippen molar-refractivity contribution in [3.8, 4) is 23.4 Å². The van der Waals surface area contributed by atoms with Gasteiger partial charge in [0.05, 0.1) is 16.8 Å². The minimum atomic E-state index is 0.232. The molecule has 0 atom stereocenters. The van der Waals surface area contributed by atoms with Crippen molar-refractivity contribution in [3.05, 3.63) is 41.7 Å². The average molecular weight is 306 g/mol. The van der Waals surface area contributed by atoms with Gasteiger partial charge in [-0.1, -0.05) is 0 Å². The number of fused-ring (bicyclic) bond motifs is 1. The second kappa shape index (κ2) is 5.40. The van der Waals surface area contributed by atoms with Crippen LogP contribution in [0.15, 0.2) is 35.5 Å². The lowest BCUT2D eigenvalue weighted by Gasteiger charge is -2.08. The van der Waals surface area contributed by atoms with Crippen LogP contribution in [-0.4, -0.2) is 20.9 Å². The van der Waals surface area contributed by atoms with E-state index in [0.717, 1.165) is 5.56 Å². The number of pyridine rings is 2. The molecule has 22 heavy (non-hydrogen) atoms. The molecule has 3 rings (SSSR count). The quantitative estimate of drug-likeness (QED) is 0.729. The van der Waals surface area contributed by atoms with Crippen LogP contribution in [0.2, 0.25) is 0 Å². The van der Waals surface area contributed by atoms with Crippen LogP contribution >= 0.6 is 11.8 Å². The molecule has 0 radical (unpaired) electrons. The van der Waals surface area contributed by atoms with Crippen molar-refractivity contribution in [2.45, 2.75) is 4.90 Å². The minimum absolute atomic E-state index is 0.232. The standard InChI is InChI=1S/C15H10N6S/c1-22-14-10(6-16)13-5-12(9-3-2-4-19-8-9)20-21(13)15(18)11(14)7-17/h2-5,8H,18H2,1H3. The van der Waals surface area contributed by atoms with Gasteiger partial charge in [-0.25, -0.2) is 4.52 Å². The van der Waals surface area contributed by atoms with Crippen molar-refractivity contribution in [3.63, 3.8) is 0 Å². The maximum absolute atomic E-state index is 9.47. The fraction of sp³-hybridized carbons (Fsp3) is 0.0667. The van der Waals surface area contributed by atoms with Gasteiger partial charge in [-0.2, -0.15) is 15.6 Å². The number of hydrogen-bond acceptors (Lipinski definition) is 6. The zero-order chi connectivity index (χ0) is 15.7. The van der Waals surface area contributed by atoms with Crippen LogP contribution in [0, 0.1) is 22.7 Å². The molecule has 0 aliphatic carbocycles. The van der Waals surface area contributed by atoms with Crippen molar-refractivity contribution in [1.82, 2.24) is 14.6 Å². The highest BCUT2D eigenvalue weighted by atomic mass is 32.2. The minimum Gasteiger partial charge on any atom is -0.382 e. The highest BCUT2D eigenvalue weighted by Gasteiger charge is 2.20. The first-order valence-electron chi connectivity index (χ1n) is 6.31. The molecule has 2 N–H and O–H groups in total. The molecule has 0 unspecified atom stereocenters. The molecular formula is C15H10N6S. The van der Waals surface area contributed by atoms with Crippen LogP contribution < -0.4 is 5.73 Å². The number of nitrogens with two attached hydrogens (primary N) is 1. The SMILES string of the molecule is CSc1c(C#N)c(N)n2nc(-c3cccnc3)cc2c1C#N. The van der Waals surface area contributed by atoms with Gasteiger partial charge >= 0.3 is 0 Å². The van der Waals surface area contributed by atoms with Gasteiger partial charge in [0.1, 0.15) is 23.5 Å². The number of nitrogen functional groups attached to an aromatic ring is 1. The maximum atomic E-state index is 9.47. The van der Waals surface area contributed by atoms with Gasteiger partial charge in [-0.15, -0.1) is 11.8 Å².